The van der Waals surface area contributed by atoms with Crippen LogP contribution in [0.1, 0.15) is 46.7 Å². The van der Waals surface area contributed by atoms with Crippen molar-refractivity contribution in [3.63, 3.8) is 0 Å². The van der Waals surface area contributed by atoms with Crippen LogP contribution in [0.2, 0.25) is 0 Å². The summed E-state index contributed by atoms with van der Waals surface area (Å²) < 4.78 is 11.2. The van der Waals surface area contributed by atoms with Crippen molar-refractivity contribution in [1.82, 2.24) is 4.90 Å². The van der Waals surface area contributed by atoms with Gasteiger partial charge in [-0.2, -0.15) is 0 Å². The zero-order chi connectivity index (χ0) is 25.3. The lowest BCUT2D eigenvalue weighted by molar-refractivity contribution is -0.131. The number of benzene rings is 3. The Balaban J connectivity index is 1.28. The quantitative estimate of drug-likeness (QED) is 0.225. The fourth-order valence-corrected chi connectivity index (χ4v) is 5.09. The van der Waals surface area contributed by atoms with Gasteiger partial charge in [-0.25, -0.2) is 4.79 Å². The van der Waals surface area contributed by atoms with Gasteiger partial charge < -0.3 is 19.5 Å². The van der Waals surface area contributed by atoms with E-state index >= 15 is 0 Å². The van der Waals surface area contributed by atoms with Crippen molar-refractivity contribution in [1.29, 1.82) is 0 Å². The number of carbonyl (C=O) groups is 2. The lowest BCUT2D eigenvalue weighted by Gasteiger charge is -2.36. The van der Waals surface area contributed by atoms with Crippen LogP contribution in [0.3, 0.4) is 0 Å². The van der Waals surface area contributed by atoms with E-state index in [1.165, 1.54) is 30.4 Å². The van der Waals surface area contributed by atoms with E-state index in [1.54, 1.807) is 6.07 Å². The second-order valence-corrected chi connectivity index (χ2v) is 9.18. The highest BCUT2D eigenvalue weighted by Crippen LogP contribution is 2.38. The van der Waals surface area contributed by atoms with Crippen LogP contribution in [0.4, 0.5) is 0 Å². The van der Waals surface area contributed by atoms with E-state index < -0.39 is 11.8 Å². The van der Waals surface area contributed by atoms with E-state index in [0.29, 0.717) is 29.9 Å². The number of carboxylic acids is 1. The van der Waals surface area contributed by atoms with Crippen LogP contribution in [-0.2, 0) is 4.79 Å². The van der Waals surface area contributed by atoms with Gasteiger partial charge in [0.2, 0.25) is 0 Å². The highest BCUT2D eigenvalue weighted by Gasteiger charge is 2.28. The predicted octanol–water partition coefficient (Wildman–Crippen LogP) is 5.28. The van der Waals surface area contributed by atoms with E-state index in [0.717, 1.165) is 38.9 Å². The lowest BCUT2D eigenvalue weighted by atomic mass is 9.76. The van der Waals surface area contributed by atoms with Crippen LogP contribution in [0.5, 0.6) is 11.5 Å². The molecular formula is C30H33NO5. The maximum Gasteiger partial charge on any atom is 0.377 e. The van der Waals surface area contributed by atoms with Gasteiger partial charge in [-0.3, -0.25) is 4.79 Å². The minimum Gasteiger partial charge on any atom is -0.493 e. The van der Waals surface area contributed by atoms with Gasteiger partial charge in [-0.05, 0) is 67.6 Å². The molecule has 1 fully saturated rings. The first-order valence-electron chi connectivity index (χ1n) is 12.5. The molecule has 1 N–H and O–H groups in total. The number of likely N-dealkylation sites (tertiary alicyclic amines) is 1. The molecule has 6 heteroatoms. The van der Waals surface area contributed by atoms with E-state index in [9.17, 15) is 9.59 Å². The maximum absolute atomic E-state index is 11.7. The number of carboxylic acid groups (broad SMARTS) is 1. The van der Waals surface area contributed by atoms with Crippen LogP contribution in [0, 0.1) is 5.92 Å². The molecule has 1 aliphatic rings. The van der Waals surface area contributed by atoms with Gasteiger partial charge in [0.15, 0.2) is 11.5 Å². The van der Waals surface area contributed by atoms with Crippen LogP contribution < -0.4 is 9.47 Å². The van der Waals surface area contributed by atoms with Crippen LogP contribution in [-0.4, -0.2) is 55.1 Å². The van der Waals surface area contributed by atoms with Gasteiger partial charge in [-0.15, -0.1) is 0 Å². The largest absolute Gasteiger partial charge is 0.493 e. The first kappa shape index (κ1) is 25.5. The average Bonchev–Trinajstić information content (AvgIpc) is 2.93. The molecule has 6 nitrogen and oxygen atoms in total. The number of nitrogens with zero attached hydrogens (tertiary/aromatic N) is 1. The second kappa shape index (κ2) is 12.4. The molecule has 3 aromatic rings. The molecule has 1 aliphatic heterocycles. The molecule has 36 heavy (non-hydrogen) atoms. The summed E-state index contributed by atoms with van der Waals surface area (Å²) in [4.78, 5) is 25.1. The Morgan fingerprint density at radius 1 is 0.917 bits per heavy atom. The Kier molecular flexibility index (Phi) is 8.74. The summed E-state index contributed by atoms with van der Waals surface area (Å²) >= 11 is 0. The van der Waals surface area contributed by atoms with Crippen molar-refractivity contribution in [2.75, 3.05) is 33.4 Å². The molecule has 0 spiro atoms. The number of rotatable bonds is 11. The van der Waals surface area contributed by atoms with E-state index in [2.05, 4.69) is 65.6 Å². The molecule has 3 aromatic carbocycles. The van der Waals surface area contributed by atoms with E-state index in [4.69, 9.17) is 14.6 Å². The van der Waals surface area contributed by atoms with Crippen LogP contribution in [0.15, 0.2) is 78.9 Å². The molecular weight excluding hydrogens is 454 g/mol. The topological polar surface area (TPSA) is 76.1 Å². The van der Waals surface area contributed by atoms with Crippen molar-refractivity contribution in [2.45, 2.75) is 25.2 Å². The lowest BCUT2D eigenvalue weighted by Crippen LogP contribution is -2.36. The number of hydrogen-bond acceptors (Lipinski definition) is 5. The molecule has 1 heterocycles. The van der Waals surface area contributed by atoms with E-state index in [1.807, 2.05) is 0 Å². The summed E-state index contributed by atoms with van der Waals surface area (Å²) in [7, 11) is 1.47. The predicted molar refractivity (Wildman–Crippen MR) is 139 cm³/mol. The second-order valence-electron chi connectivity index (χ2n) is 9.18. The van der Waals surface area contributed by atoms with Crippen molar-refractivity contribution in [3.8, 4) is 11.5 Å². The van der Waals surface area contributed by atoms with Crippen molar-refractivity contribution < 1.29 is 24.2 Å². The zero-order valence-electron chi connectivity index (χ0n) is 20.6. The van der Waals surface area contributed by atoms with Gasteiger partial charge in [-0.1, -0.05) is 60.7 Å². The average molecular weight is 488 g/mol. The molecule has 0 bridgehead atoms. The highest BCUT2D eigenvalue weighted by atomic mass is 16.5. The van der Waals surface area contributed by atoms with E-state index in [-0.39, 0.29) is 5.56 Å². The minimum absolute atomic E-state index is 0.0684. The number of methoxy groups -OCH3 is 1. The Hall–Kier alpha value is -3.64. The molecule has 188 valence electrons. The SMILES string of the molecule is COc1cc(C(=O)C(=O)O)ccc1OCCCN1CCC(C(c2ccccc2)c2ccccc2)CC1. The third-order valence-corrected chi connectivity index (χ3v) is 6.92. The number of Topliss-reactive ketones (excluding diaryl/α,β-unsaturated/α-hetero) is 1. The zero-order valence-corrected chi connectivity index (χ0v) is 20.6. The molecule has 0 atom stereocenters. The normalized spacial score (nSPS) is 14.5. The molecule has 0 radical (unpaired) electrons. The third kappa shape index (κ3) is 6.32. The highest BCUT2D eigenvalue weighted by molar-refractivity contribution is 6.39. The van der Waals surface area contributed by atoms with Gasteiger partial charge in [0.1, 0.15) is 0 Å². The Morgan fingerprint density at radius 2 is 1.53 bits per heavy atom. The van der Waals surface area contributed by atoms with Crippen molar-refractivity contribution in [2.24, 2.45) is 5.92 Å². The molecule has 4 rings (SSSR count). The van der Waals surface area contributed by atoms with Crippen molar-refractivity contribution in [3.05, 3.63) is 95.6 Å². The van der Waals surface area contributed by atoms with Crippen LogP contribution >= 0.6 is 0 Å². The summed E-state index contributed by atoms with van der Waals surface area (Å²) in [5, 5.41) is 8.90. The van der Waals surface area contributed by atoms with Gasteiger partial charge >= 0.3 is 5.97 Å². The number of ether oxygens (including phenoxy) is 2. The maximum atomic E-state index is 11.7. The van der Waals surface area contributed by atoms with Gasteiger partial charge in [0.25, 0.3) is 5.78 Å². The smallest absolute Gasteiger partial charge is 0.377 e. The number of carbonyl (C=O) groups excluding carboxylic acids is 1. The van der Waals surface area contributed by atoms with Crippen LogP contribution in [0.25, 0.3) is 0 Å². The number of piperidine rings is 1. The Morgan fingerprint density at radius 3 is 2.08 bits per heavy atom. The number of hydrogen-bond donors (Lipinski definition) is 1. The number of aliphatic carboxylic acids is 1. The molecule has 0 amide bonds. The standard InChI is InChI=1S/C30H33NO5/c1-35-27-21-25(29(32)30(33)34)13-14-26(27)36-20-8-17-31-18-15-24(16-19-31)28(22-9-4-2-5-10-22)23-11-6-3-7-12-23/h2-7,9-14,21,24,28H,8,15-20H2,1H3,(H,33,34). The molecule has 0 saturated carbocycles. The minimum atomic E-state index is -1.49. The first-order valence-corrected chi connectivity index (χ1v) is 12.5. The number of ketones is 1. The fraction of sp³-hybridized carbons (Fsp3) is 0.333. The monoisotopic (exact) mass is 487 g/mol. The van der Waals surface area contributed by atoms with Crippen molar-refractivity contribution >= 4 is 11.8 Å². The molecule has 0 aliphatic carbocycles. The molecule has 0 unspecified atom stereocenters. The first-order chi connectivity index (χ1) is 17.6. The Bertz CT molecular complexity index is 1100. The third-order valence-electron chi connectivity index (χ3n) is 6.92. The molecule has 1 saturated heterocycles. The summed E-state index contributed by atoms with van der Waals surface area (Å²) in [5.41, 5.74) is 2.85. The summed E-state index contributed by atoms with van der Waals surface area (Å²) in [6.07, 6.45) is 3.18. The fourth-order valence-electron chi connectivity index (χ4n) is 5.09. The summed E-state index contributed by atoms with van der Waals surface area (Å²) in [5.74, 6) is -0.569. The summed E-state index contributed by atoms with van der Waals surface area (Å²) in [6, 6.07) is 26.1. The summed E-state index contributed by atoms with van der Waals surface area (Å²) in [6.45, 7) is 3.59. The van der Waals surface area contributed by atoms with Gasteiger partial charge in [0, 0.05) is 18.0 Å². The Labute approximate surface area is 212 Å². The van der Waals surface area contributed by atoms with Gasteiger partial charge in [0.05, 0.1) is 13.7 Å². The molecule has 0 aromatic heterocycles.